The van der Waals surface area contributed by atoms with Crippen LogP contribution in [-0.2, 0) is 14.8 Å². The highest BCUT2D eigenvalue weighted by atomic mass is 32.2. The Balaban J connectivity index is 2.45. The lowest BCUT2D eigenvalue weighted by atomic mass is 10.0. The van der Waals surface area contributed by atoms with Crippen LogP contribution in [-0.4, -0.2) is 25.5 Å². The van der Waals surface area contributed by atoms with Crippen LogP contribution in [0.1, 0.15) is 33.1 Å². The normalized spacial score (nSPS) is 14.4. The van der Waals surface area contributed by atoms with E-state index in [1.54, 1.807) is 19.1 Å². The second-order valence-electron chi connectivity index (χ2n) is 5.28. The van der Waals surface area contributed by atoms with Gasteiger partial charge in [-0.25, -0.2) is 13.6 Å². The maximum atomic E-state index is 11.1. The van der Waals surface area contributed by atoms with Gasteiger partial charge in [0.15, 0.2) is 0 Å². The Hall–Kier alpha value is -1.60. The number of primary sulfonamides is 1. The Morgan fingerprint density at radius 2 is 1.81 bits per heavy atom. The minimum Gasteiger partial charge on any atom is -0.481 e. The van der Waals surface area contributed by atoms with Gasteiger partial charge in [0.05, 0.1) is 10.8 Å². The first-order valence-electron chi connectivity index (χ1n) is 6.82. The number of hydrogen-bond donors (Lipinski definition) is 3. The predicted octanol–water partition coefficient (Wildman–Crippen LogP) is 2.03. The van der Waals surface area contributed by atoms with Crippen molar-refractivity contribution in [2.24, 2.45) is 11.1 Å². The highest BCUT2D eigenvalue weighted by Crippen LogP contribution is 2.16. The molecule has 0 radical (unpaired) electrons. The summed E-state index contributed by atoms with van der Waals surface area (Å²) in [6.45, 7) is 3.70. The summed E-state index contributed by atoms with van der Waals surface area (Å²) in [5.41, 5.74) is 0.807. The number of aliphatic carboxylic acids is 1. The van der Waals surface area contributed by atoms with Gasteiger partial charge < -0.3 is 10.4 Å². The number of carbonyl (C=O) groups is 1. The van der Waals surface area contributed by atoms with Gasteiger partial charge in [0.1, 0.15) is 0 Å². The molecule has 0 heterocycles. The number of sulfonamides is 1. The van der Waals surface area contributed by atoms with E-state index in [2.05, 4.69) is 5.32 Å². The van der Waals surface area contributed by atoms with Gasteiger partial charge in [-0.1, -0.05) is 13.3 Å². The highest BCUT2D eigenvalue weighted by Gasteiger charge is 2.11. The van der Waals surface area contributed by atoms with E-state index >= 15 is 0 Å². The number of anilines is 1. The summed E-state index contributed by atoms with van der Waals surface area (Å²) in [6.07, 6.45) is 2.30. The zero-order valence-electron chi connectivity index (χ0n) is 12.2. The summed E-state index contributed by atoms with van der Waals surface area (Å²) in [6, 6.07) is 6.41. The van der Waals surface area contributed by atoms with Crippen LogP contribution < -0.4 is 10.5 Å². The molecule has 0 aliphatic rings. The van der Waals surface area contributed by atoms with Crippen LogP contribution in [0.3, 0.4) is 0 Å². The minimum absolute atomic E-state index is 0.0796. The standard InChI is InChI=1S/C14H22N2O4S/c1-10(14(17)18)4-3-5-11(2)16-12-6-8-13(9-7-12)21(15,19)20/h6-11,16H,3-5H2,1-2H3,(H,17,18)(H2,15,19,20). The summed E-state index contributed by atoms with van der Waals surface area (Å²) in [5.74, 6) is -1.10. The SMILES string of the molecule is CC(CCCC(C)C(=O)O)Nc1ccc(S(N)(=O)=O)cc1. The molecule has 7 heteroatoms. The molecule has 0 saturated carbocycles. The third kappa shape index (κ3) is 6.14. The third-order valence-corrected chi connectivity index (χ3v) is 4.22. The molecule has 0 aliphatic heterocycles. The molecule has 0 spiro atoms. The average molecular weight is 314 g/mol. The monoisotopic (exact) mass is 314 g/mol. The maximum Gasteiger partial charge on any atom is 0.306 e. The number of hydrogen-bond acceptors (Lipinski definition) is 4. The molecule has 21 heavy (non-hydrogen) atoms. The molecule has 6 nitrogen and oxygen atoms in total. The first-order valence-corrected chi connectivity index (χ1v) is 8.37. The number of benzene rings is 1. The van der Waals surface area contributed by atoms with Gasteiger partial charge in [0.2, 0.25) is 10.0 Å². The second kappa shape index (κ2) is 7.42. The van der Waals surface area contributed by atoms with E-state index in [4.69, 9.17) is 10.2 Å². The highest BCUT2D eigenvalue weighted by molar-refractivity contribution is 7.89. The van der Waals surface area contributed by atoms with Crippen LogP contribution in [0.25, 0.3) is 0 Å². The molecule has 118 valence electrons. The van der Waals surface area contributed by atoms with Crippen LogP contribution in [0.2, 0.25) is 0 Å². The zero-order valence-corrected chi connectivity index (χ0v) is 13.1. The van der Waals surface area contributed by atoms with Crippen LogP contribution in [0, 0.1) is 5.92 Å². The minimum atomic E-state index is -3.66. The lowest BCUT2D eigenvalue weighted by molar-refractivity contribution is -0.141. The third-order valence-electron chi connectivity index (χ3n) is 3.29. The smallest absolute Gasteiger partial charge is 0.306 e. The average Bonchev–Trinajstić information content (AvgIpc) is 2.38. The molecule has 0 bridgehead atoms. The predicted molar refractivity (Wildman–Crippen MR) is 81.6 cm³/mol. The Morgan fingerprint density at radius 1 is 1.24 bits per heavy atom. The number of nitrogens with one attached hydrogen (secondary N) is 1. The Kier molecular flexibility index (Phi) is 6.17. The number of carboxylic acid groups (broad SMARTS) is 1. The fraction of sp³-hybridized carbons (Fsp3) is 0.500. The van der Waals surface area contributed by atoms with E-state index in [0.717, 1.165) is 18.5 Å². The fourth-order valence-electron chi connectivity index (χ4n) is 1.95. The van der Waals surface area contributed by atoms with E-state index in [0.29, 0.717) is 6.42 Å². The number of nitrogens with two attached hydrogens (primary N) is 1. The molecular weight excluding hydrogens is 292 g/mol. The molecule has 1 rings (SSSR count). The summed E-state index contributed by atoms with van der Waals surface area (Å²) in [5, 5.41) is 17.1. The Bertz CT molecular complexity index is 569. The zero-order chi connectivity index (χ0) is 16.0. The van der Waals surface area contributed by atoms with Gasteiger partial charge in [0, 0.05) is 11.7 Å². The summed E-state index contributed by atoms with van der Waals surface area (Å²) >= 11 is 0. The van der Waals surface area contributed by atoms with Gasteiger partial charge in [0.25, 0.3) is 0 Å². The summed E-state index contributed by atoms with van der Waals surface area (Å²) in [4.78, 5) is 10.8. The lowest BCUT2D eigenvalue weighted by Crippen LogP contribution is -2.17. The summed E-state index contributed by atoms with van der Waals surface area (Å²) in [7, 11) is -3.66. The lowest BCUT2D eigenvalue weighted by Gasteiger charge is -2.16. The van der Waals surface area contributed by atoms with E-state index in [1.165, 1.54) is 12.1 Å². The van der Waals surface area contributed by atoms with E-state index in [9.17, 15) is 13.2 Å². The van der Waals surface area contributed by atoms with Crippen molar-refractivity contribution in [2.75, 3.05) is 5.32 Å². The molecule has 0 aromatic heterocycles. The molecule has 2 unspecified atom stereocenters. The van der Waals surface area contributed by atoms with Crippen molar-refractivity contribution >= 4 is 21.7 Å². The largest absolute Gasteiger partial charge is 0.481 e. The molecule has 0 fully saturated rings. The van der Waals surface area contributed by atoms with Gasteiger partial charge in [-0.3, -0.25) is 4.79 Å². The summed E-state index contributed by atoms with van der Waals surface area (Å²) < 4.78 is 22.3. The van der Waals surface area contributed by atoms with E-state index in [-0.39, 0.29) is 16.9 Å². The van der Waals surface area contributed by atoms with Crippen LogP contribution in [0.4, 0.5) is 5.69 Å². The number of carboxylic acids is 1. The van der Waals surface area contributed by atoms with Gasteiger partial charge >= 0.3 is 5.97 Å². The molecule has 0 aliphatic carbocycles. The van der Waals surface area contributed by atoms with Crippen LogP contribution in [0.5, 0.6) is 0 Å². The fourth-order valence-corrected chi connectivity index (χ4v) is 2.47. The first-order chi connectivity index (χ1) is 9.70. The first kappa shape index (κ1) is 17.5. The Labute approximate surface area is 125 Å². The van der Waals surface area contributed by atoms with Crippen molar-refractivity contribution in [1.29, 1.82) is 0 Å². The van der Waals surface area contributed by atoms with Crippen LogP contribution in [0.15, 0.2) is 29.2 Å². The second-order valence-corrected chi connectivity index (χ2v) is 6.85. The van der Waals surface area contributed by atoms with Crippen molar-refractivity contribution < 1.29 is 18.3 Å². The van der Waals surface area contributed by atoms with Crippen molar-refractivity contribution in [1.82, 2.24) is 0 Å². The molecule has 2 atom stereocenters. The topological polar surface area (TPSA) is 109 Å². The molecule has 0 amide bonds. The van der Waals surface area contributed by atoms with Crippen molar-refractivity contribution in [3.05, 3.63) is 24.3 Å². The quantitative estimate of drug-likeness (QED) is 0.680. The van der Waals surface area contributed by atoms with Gasteiger partial charge in [-0.05, 0) is 44.0 Å². The Morgan fingerprint density at radius 3 is 2.29 bits per heavy atom. The van der Waals surface area contributed by atoms with Crippen LogP contribution >= 0.6 is 0 Å². The van der Waals surface area contributed by atoms with Gasteiger partial charge in [-0.2, -0.15) is 0 Å². The maximum absolute atomic E-state index is 11.1. The molecule has 1 aromatic carbocycles. The molecule has 4 N–H and O–H groups in total. The van der Waals surface area contributed by atoms with E-state index < -0.39 is 16.0 Å². The van der Waals surface area contributed by atoms with Crippen molar-refractivity contribution in [3.8, 4) is 0 Å². The van der Waals surface area contributed by atoms with Crippen molar-refractivity contribution in [2.45, 2.75) is 44.0 Å². The number of rotatable bonds is 8. The van der Waals surface area contributed by atoms with Crippen molar-refractivity contribution in [3.63, 3.8) is 0 Å². The molecule has 1 aromatic rings. The van der Waals surface area contributed by atoms with Gasteiger partial charge in [-0.15, -0.1) is 0 Å². The molecular formula is C14H22N2O4S. The molecule has 0 saturated heterocycles. The van der Waals surface area contributed by atoms with E-state index in [1.807, 2.05) is 6.92 Å².